The second-order valence-electron chi connectivity index (χ2n) is 4.97. The monoisotopic (exact) mass is 271 g/mol. The first-order valence-corrected chi connectivity index (χ1v) is 6.83. The minimum absolute atomic E-state index is 0.126. The third kappa shape index (κ3) is 2.17. The van der Waals surface area contributed by atoms with Gasteiger partial charge >= 0.3 is 0 Å². The SMILES string of the molecule is CCN1CCC(n2cc(-c3cccc(C)n3)nn2)C1=O. The van der Waals surface area contributed by atoms with Crippen LogP contribution in [0.15, 0.2) is 24.4 Å². The highest BCUT2D eigenvalue weighted by Gasteiger charge is 2.32. The van der Waals surface area contributed by atoms with Gasteiger partial charge in [-0.3, -0.25) is 9.78 Å². The third-order valence-electron chi connectivity index (χ3n) is 3.63. The highest BCUT2D eigenvalue weighted by Crippen LogP contribution is 2.23. The number of aryl methyl sites for hydroxylation is 1. The highest BCUT2D eigenvalue weighted by molar-refractivity contribution is 5.82. The normalized spacial score (nSPS) is 18.8. The van der Waals surface area contributed by atoms with Gasteiger partial charge in [-0.1, -0.05) is 11.3 Å². The summed E-state index contributed by atoms with van der Waals surface area (Å²) >= 11 is 0. The molecule has 1 aliphatic rings. The van der Waals surface area contributed by atoms with E-state index in [4.69, 9.17) is 0 Å². The number of aromatic nitrogens is 4. The fourth-order valence-corrected chi connectivity index (χ4v) is 2.51. The van der Waals surface area contributed by atoms with Gasteiger partial charge in [0.15, 0.2) is 0 Å². The number of carbonyl (C=O) groups excluding carboxylic acids is 1. The van der Waals surface area contributed by atoms with Gasteiger partial charge in [0.25, 0.3) is 0 Å². The second-order valence-corrected chi connectivity index (χ2v) is 4.97. The first-order valence-electron chi connectivity index (χ1n) is 6.83. The zero-order chi connectivity index (χ0) is 14.1. The molecule has 1 unspecified atom stereocenters. The Morgan fingerprint density at radius 2 is 2.20 bits per heavy atom. The van der Waals surface area contributed by atoms with Crippen molar-refractivity contribution in [3.63, 3.8) is 0 Å². The molecular formula is C14H17N5O. The number of likely N-dealkylation sites (N-methyl/N-ethyl adjacent to an activating group) is 1. The summed E-state index contributed by atoms with van der Waals surface area (Å²) in [4.78, 5) is 18.4. The molecule has 2 aromatic heterocycles. The molecule has 0 N–H and O–H groups in total. The van der Waals surface area contributed by atoms with Crippen molar-refractivity contribution in [2.24, 2.45) is 0 Å². The molecule has 1 fully saturated rings. The summed E-state index contributed by atoms with van der Waals surface area (Å²) in [6.45, 7) is 5.46. The van der Waals surface area contributed by atoms with Gasteiger partial charge in [-0.25, -0.2) is 4.68 Å². The van der Waals surface area contributed by atoms with E-state index in [2.05, 4.69) is 15.3 Å². The fourth-order valence-electron chi connectivity index (χ4n) is 2.51. The Morgan fingerprint density at radius 3 is 2.90 bits per heavy atom. The van der Waals surface area contributed by atoms with Crippen LogP contribution < -0.4 is 0 Å². The van der Waals surface area contributed by atoms with Gasteiger partial charge in [-0.05, 0) is 32.4 Å². The number of nitrogens with zero attached hydrogens (tertiary/aromatic N) is 5. The average molecular weight is 271 g/mol. The lowest BCUT2D eigenvalue weighted by Gasteiger charge is -2.13. The maximum absolute atomic E-state index is 12.2. The van der Waals surface area contributed by atoms with E-state index in [9.17, 15) is 4.79 Å². The number of pyridine rings is 1. The van der Waals surface area contributed by atoms with E-state index in [0.29, 0.717) is 5.69 Å². The molecule has 0 radical (unpaired) electrons. The van der Waals surface area contributed by atoms with Gasteiger partial charge in [0.1, 0.15) is 11.7 Å². The Bertz CT molecular complexity index is 636. The zero-order valence-corrected chi connectivity index (χ0v) is 11.7. The lowest BCUT2D eigenvalue weighted by Crippen LogP contribution is -2.28. The van der Waals surface area contributed by atoms with Crippen molar-refractivity contribution in [2.75, 3.05) is 13.1 Å². The van der Waals surface area contributed by atoms with Crippen LogP contribution in [-0.2, 0) is 4.79 Å². The van der Waals surface area contributed by atoms with Crippen molar-refractivity contribution in [3.8, 4) is 11.4 Å². The average Bonchev–Trinajstić information content (AvgIpc) is 3.05. The molecule has 0 aromatic carbocycles. The molecule has 3 heterocycles. The summed E-state index contributed by atoms with van der Waals surface area (Å²) in [5.74, 6) is 0.126. The first kappa shape index (κ1) is 12.8. The molecule has 1 amide bonds. The van der Waals surface area contributed by atoms with Crippen LogP contribution in [-0.4, -0.2) is 43.9 Å². The molecule has 1 aliphatic heterocycles. The van der Waals surface area contributed by atoms with Crippen molar-refractivity contribution >= 4 is 5.91 Å². The minimum atomic E-state index is -0.221. The van der Waals surface area contributed by atoms with E-state index in [0.717, 1.165) is 30.9 Å². The summed E-state index contributed by atoms with van der Waals surface area (Å²) in [6.07, 6.45) is 2.60. The molecular weight excluding hydrogens is 254 g/mol. The zero-order valence-electron chi connectivity index (χ0n) is 11.7. The highest BCUT2D eigenvalue weighted by atomic mass is 16.2. The molecule has 3 rings (SSSR count). The smallest absolute Gasteiger partial charge is 0.247 e. The van der Waals surface area contributed by atoms with Crippen molar-refractivity contribution in [2.45, 2.75) is 26.3 Å². The van der Waals surface area contributed by atoms with E-state index >= 15 is 0 Å². The summed E-state index contributed by atoms with van der Waals surface area (Å²) < 4.78 is 1.66. The lowest BCUT2D eigenvalue weighted by atomic mass is 10.2. The number of likely N-dealkylation sites (tertiary alicyclic amines) is 1. The number of carbonyl (C=O) groups is 1. The largest absolute Gasteiger partial charge is 0.341 e. The van der Waals surface area contributed by atoms with Crippen molar-refractivity contribution in [1.29, 1.82) is 0 Å². The molecule has 104 valence electrons. The molecule has 1 atom stereocenters. The lowest BCUT2D eigenvalue weighted by molar-refractivity contribution is -0.130. The first-order chi connectivity index (χ1) is 9.69. The quantitative estimate of drug-likeness (QED) is 0.847. The summed E-state index contributed by atoms with van der Waals surface area (Å²) in [7, 11) is 0. The maximum Gasteiger partial charge on any atom is 0.247 e. The Balaban J connectivity index is 1.86. The molecule has 0 spiro atoms. The van der Waals surface area contributed by atoms with Crippen LogP contribution in [0.4, 0.5) is 0 Å². The number of rotatable bonds is 3. The van der Waals surface area contributed by atoms with E-state index in [1.54, 1.807) is 4.68 Å². The van der Waals surface area contributed by atoms with Crippen LogP contribution in [0.1, 0.15) is 25.1 Å². The van der Waals surface area contributed by atoms with Crippen LogP contribution in [0.3, 0.4) is 0 Å². The van der Waals surface area contributed by atoms with Gasteiger partial charge in [-0.2, -0.15) is 0 Å². The number of hydrogen-bond acceptors (Lipinski definition) is 4. The standard InChI is InChI=1S/C14H17N5O/c1-3-18-8-7-13(14(18)20)19-9-12(16-17-19)11-6-4-5-10(2)15-11/h4-6,9,13H,3,7-8H2,1-2H3. The van der Waals surface area contributed by atoms with Crippen LogP contribution >= 0.6 is 0 Å². The summed E-state index contributed by atoms with van der Waals surface area (Å²) in [5, 5.41) is 8.24. The minimum Gasteiger partial charge on any atom is -0.341 e. The summed E-state index contributed by atoms with van der Waals surface area (Å²) in [5.41, 5.74) is 2.43. The Morgan fingerprint density at radius 1 is 1.35 bits per heavy atom. The predicted molar refractivity (Wildman–Crippen MR) is 73.9 cm³/mol. The number of amides is 1. The molecule has 0 saturated carbocycles. The van der Waals surface area contributed by atoms with Gasteiger partial charge in [0.05, 0.1) is 11.9 Å². The maximum atomic E-state index is 12.2. The topological polar surface area (TPSA) is 63.9 Å². The van der Waals surface area contributed by atoms with Crippen molar-refractivity contribution in [1.82, 2.24) is 24.9 Å². The molecule has 20 heavy (non-hydrogen) atoms. The molecule has 2 aromatic rings. The van der Waals surface area contributed by atoms with Gasteiger partial charge in [0, 0.05) is 18.8 Å². The van der Waals surface area contributed by atoms with Gasteiger partial charge < -0.3 is 4.90 Å². The molecule has 6 heteroatoms. The van der Waals surface area contributed by atoms with Crippen LogP contribution in [0.25, 0.3) is 11.4 Å². The van der Waals surface area contributed by atoms with E-state index in [1.807, 2.05) is 43.1 Å². The van der Waals surface area contributed by atoms with Crippen molar-refractivity contribution in [3.05, 3.63) is 30.1 Å². The van der Waals surface area contributed by atoms with Crippen LogP contribution in [0.5, 0.6) is 0 Å². The third-order valence-corrected chi connectivity index (χ3v) is 3.63. The predicted octanol–water partition coefficient (Wildman–Crippen LogP) is 1.44. The van der Waals surface area contributed by atoms with E-state index in [1.165, 1.54) is 0 Å². The summed E-state index contributed by atoms with van der Waals surface area (Å²) in [6, 6.07) is 5.56. The van der Waals surface area contributed by atoms with Crippen molar-refractivity contribution < 1.29 is 4.79 Å². The van der Waals surface area contributed by atoms with Crippen LogP contribution in [0.2, 0.25) is 0 Å². The van der Waals surface area contributed by atoms with Crippen LogP contribution in [0, 0.1) is 6.92 Å². The molecule has 0 bridgehead atoms. The molecule has 0 aliphatic carbocycles. The van der Waals surface area contributed by atoms with Gasteiger partial charge in [0.2, 0.25) is 5.91 Å². The fraction of sp³-hybridized carbons (Fsp3) is 0.429. The molecule has 6 nitrogen and oxygen atoms in total. The Hall–Kier alpha value is -2.24. The Labute approximate surface area is 117 Å². The molecule has 1 saturated heterocycles. The Kier molecular flexibility index (Phi) is 3.22. The van der Waals surface area contributed by atoms with E-state index < -0.39 is 0 Å². The second kappa shape index (κ2) is 5.03. The van der Waals surface area contributed by atoms with E-state index in [-0.39, 0.29) is 11.9 Å². The van der Waals surface area contributed by atoms with Gasteiger partial charge in [-0.15, -0.1) is 5.10 Å². The number of hydrogen-bond donors (Lipinski definition) is 0.